The standard InChI is InChI=1S/C54H36N4/c1-5-15-37(16-6-1)45-35-50(40-17-7-2-8-18-40)55-51(36-45)41-31-27-38(28-32-41)46-23-13-26-49-47(24-14-25-48(46)49)39-29-33-44(34-30-39)54-57-52(42-19-9-3-10-20-42)56-53(58-54)43-21-11-4-12-22-43/h1-36H. The molecule has 272 valence electrons. The van der Waals surface area contributed by atoms with E-state index >= 15 is 0 Å². The highest BCUT2D eigenvalue weighted by atomic mass is 15.0. The number of nitrogens with zero attached hydrogens (tertiary/aromatic N) is 4. The maximum atomic E-state index is 5.15. The van der Waals surface area contributed by atoms with Crippen LogP contribution in [-0.2, 0) is 0 Å². The summed E-state index contributed by atoms with van der Waals surface area (Å²) >= 11 is 0. The first-order valence-electron chi connectivity index (χ1n) is 19.5. The van der Waals surface area contributed by atoms with Gasteiger partial charge in [-0.15, -0.1) is 0 Å². The first-order valence-corrected chi connectivity index (χ1v) is 19.5. The van der Waals surface area contributed by atoms with E-state index in [1.165, 1.54) is 27.5 Å². The quantitative estimate of drug-likeness (QED) is 0.156. The molecule has 0 aliphatic rings. The Kier molecular flexibility index (Phi) is 9.18. The Morgan fingerprint density at radius 1 is 0.207 bits per heavy atom. The third-order valence-electron chi connectivity index (χ3n) is 10.6. The van der Waals surface area contributed by atoms with Crippen molar-refractivity contribution in [2.24, 2.45) is 0 Å². The maximum Gasteiger partial charge on any atom is 0.164 e. The van der Waals surface area contributed by atoms with Crippen molar-refractivity contribution in [2.45, 2.75) is 0 Å². The van der Waals surface area contributed by atoms with Gasteiger partial charge in [0.1, 0.15) is 0 Å². The molecule has 0 fully saturated rings. The van der Waals surface area contributed by atoms with Gasteiger partial charge in [0, 0.05) is 27.8 Å². The minimum Gasteiger partial charge on any atom is -0.248 e. The van der Waals surface area contributed by atoms with Crippen molar-refractivity contribution < 1.29 is 0 Å². The summed E-state index contributed by atoms with van der Waals surface area (Å²) in [5, 5.41) is 2.39. The lowest BCUT2D eigenvalue weighted by Gasteiger charge is -2.13. The Balaban J connectivity index is 0.982. The van der Waals surface area contributed by atoms with Crippen LogP contribution >= 0.6 is 0 Å². The number of hydrogen-bond donors (Lipinski definition) is 0. The molecule has 0 radical (unpaired) electrons. The molecule has 0 saturated carbocycles. The van der Waals surface area contributed by atoms with Gasteiger partial charge in [-0.1, -0.05) is 206 Å². The summed E-state index contributed by atoms with van der Waals surface area (Å²) in [6.07, 6.45) is 0. The van der Waals surface area contributed by atoms with Gasteiger partial charge in [-0.25, -0.2) is 19.9 Å². The van der Waals surface area contributed by atoms with E-state index in [0.29, 0.717) is 17.5 Å². The molecule has 0 unspecified atom stereocenters. The predicted molar refractivity (Wildman–Crippen MR) is 239 cm³/mol. The number of fused-ring (bicyclic) bond motifs is 1. The molecule has 10 rings (SSSR count). The van der Waals surface area contributed by atoms with Crippen molar-refractivity contribution in [3.05, 3.63) is 218 Å². The van der Waals surface area contributed by atoms with Crippen LogP contribution in [0.4, 0.5) is 0 Å². The topological polar surface area (TPSA) is 51.6 Å². The van der Waals surface area contributed by atoms with E-state index in [1.807, 2.05) is 66.7 Å². The molecule has 4 heteroatoms. The summed E-state index contributed by atoms with van der Waals surface area (Å²) in [6.45, 7) is 0. The second-order valence-electron chi connectivity index (χ2n) is 14.3. The number of aromatic nitrogens is 4. The number of hydrogen-bond acceptors (Lipinski definition) is 4. The molecule has 4 nitrogen and oxygen atoms in total. The summed E-state index contributed by atoms with van der Waals surface area (Å²) in [7, 11) is 0. The molecule has 0 aliphatic carbocycles. The highest BCUT2D eigenvalue weighted by Crippen LogP contribution is 2.37. The fraction of sp³-hybridized carbons (Fsp3) is 0. The Hall–Kier alpha value is -7.82. The number of rotatable bonds is 8. The third kappa shape index (κ3) is 6.95. The summed E-state index contributed by atoms with van der Waals surface area (Å²) in [5.74, 6) is 1.94. The number of pyridine rings is 1. The molecule has 0 saturated heterocycles. The van der Waals surface area contributed by atoms with Gasteiger partial charge in [0.15, 0.2) is 17.5 Å². The Labute approximate surface area is 337 Å². The Bertz CT molecular complexity index is 2680. The van der Waals surface area contributed by atoms with Gasteiger partial charge in [-0.2, -0.15) is 0 Å². The molecule has 2 heterocycles. The van der Waals surface area contributed by atoms with E-state index in [4.69, 9.17) is 19.9 Å². The zero-order valence-electron chi connectivity index (χ0n) is 31.6. The van der Waals surface area contributed by atoms with E-state index in [9.17, 15) is 0 Å². The summed E-state index contributed by atoms with van der Waals surface area (Å²) in [4.78, 5) is 19.9. The monoisotopic (exact) mass is 740 g/mol. The SMILES string of the molecule is c1ccc(-c2cc(-c3ccccc3)nc(-c3ccc(-c4cccc5c(-c6ccc(-c7nc(-c8ccccc8)nc(-c8ccccc8)n7)cc6)cccc45)cc3)c2)cc1. The van der Waals surface area contributed by atoms with Crippen molar-refractivity contribution in [3.63, 3.8) is 0 Å². The molecule has 0 amide bonds. The molecule has 0 aliphatic heterocycles. The van der Waals surface area contributed by atoms with Crippen molar-refractivity contribution in [1.82, 2.24) is 19.9 Å². The molecular weight excluding hydrogens is 705 g/mol. The fourth-order valence-corrected chi connectivity index (χ4v) is 7.60. The average Bonchev–Trinajstić information content (AvgIpc) is 3.32. The summed E-state index contributed by atoms with van der Waals surface area (Å²) in [5.41, 5.74) is 13.9. The summed E-state index contributed by atoms with van der Waals surface area (Å²) in [6, 6.07) is 75.9. The van der Waals surface area contributed by atoms with E-state index in [0.717, 1.165) is 55.9 Å². The van der Waals surface area contributed by atoms with Crippen LogP contribution in [0.25, 0.3) is 101 Å². The van der Waals surface area contributed by atoms with Crippen molar-refractivity contribution in [3.8, 4) is 90.1 Å². The van der Waals surface area contributed by atoms with E-state index in [1.54, 1.807) is 0 Å². The van der Waals surface area contributed by atoms with Gasteiger partial charge in [-0.05, 0) is 56.3 Å². The van der Waals surface area contributed by atoms with Crippen molar-refractivity contribution >= 4 is 10.8 Å². The van der Waals surface area contributed by atoms with Crippen LogP contribution < -0.4 is 0 Å². The van der Waals surface area contributed by atoms with Gasteiger partial charge in [-0.3, -0.25) is 0 Å². The van der Waals surface area contributed by atoms with Crippen molar-refractivity contribution in [1.29, 1.82) is 0 Å². The molecule has 8 aromatic carbocycles. The highest BCUT2D eigenvalue weighted by Gasteiger charge is 2.15. The van der Waals surface area contributed by atoms with Crippen LogP contribution in [-0.4, -0.2) is 19.9 Å². The van der Waals surface area contributed by atoms with Gasteiger partial charge in [0.2, 0.25) is 0 Å². The lowest BCUT2D eigenvalue weighted by atomic mass is 9.92. The molecule has 0 N–H and O–H groups in total. The summed E-state index contributed by atoms with van der Waals surface area (Å²) < 4.78 is 0. The molecule has 0 bridgehead atoms. The van der Waals surface area contributed by atoms with E-state index < -0.39 is 0 Å². The predicted octanol–water partition coefficient (Wildman–Crippen LogP) is 13.8. The smallest absolute Gasteiger partial charge is 0.164 e. The molecular formula is C54H36N4. The zero-order chi connectivity index (χ0) is 38.7. The van der Waals surface area contributed by atoms with Gasteiger partial charge >= 0.3 is 0 Å². The lowest BCUT2D eigenvalue weighted by molar-refractivity contribution is 1.07. The second-order valence-corrected chi connectivity index (χ2v) is 14.3. The molecule has 0 atom stereocenters. The van der Waals surface area contributed by atoms with Crippen LogP contribution in [0.1, 0.15) is 0 Å². The van der Waals surface area contributed by atoms with E-state index in [2.05, 4.69) is 152 Å². The highest BCUT2D eigenvalue weighted by molar-refractivity contribution is 6.04. The van der Waals surface area contributed by atoms with Crippen LogP contribution in [0.2, 0.25) is 0 Å². The van der Waals surface area contributed by atoms with Crippen molar-refractivity contribution in [2.75, 3.05) is 0 Å². The normalized spacial score (nSPS) is 11.1. The second kappa shape index (κ2) is 15.4. The van der Waals surface area contributed by atoms with Gasteiger partial charge in [0.25, 0.3) is 0 Å². The van der Waals surface area contributed by atoms with Gasteiger partial charge in [0.05, 0.1) is 11.4 Å². The minimum atomic E-state index is 0.640. The largest absolute Gasteiger partial charge is 0.248 e. The minimum absolute atomic E-state index is 0.640. The first-order chi connectivity index (χ1) is 28.7. The van der Waals surface area contributed by atoms with Crippen LogP contribution in [0, 0.1) is 0 Å². The molecule has 2 aromatic heterocycles. The zero-order valence-corrected chi connectivity index (χ0v) is 31.6. The van der Waals surface area contributed by atoms with Crippen LogP contribution in [0.15, 0.2) is 218 Å². The molecule has 10 aromatic rings. The van der Waals surface area contributed by atoms with Crippen LogP contribution in [0.3, 0.4) is 0 Å². The molecule has 58 heavy (non-hydrogen) atoms. The third-order valence-corrected chi connectivity index (χ3v) is 10.6. The lowest BCUT2D eigenvalue weighted by Crippen LogP contribution is -2.00. The van der Waals surface area contributed by atoms with E-state index in [-0.39, 0.29) is 0 Å². The molecule has 0 spiro atoms. The Morgan fingerprint density at radius 3 is 0.966 bits per heavy atom. The van der Waals surface area contributed by atoms with Crippen LogP contribution in [0.5, 0.6) is 0 Å². The van der Waals surface area contributed by atoms with Gasteiger partial charge < -0.3 is 0 Å². The fourth-order valence-electron chi connectivity index (χ4n) is 7.60. The maximum absolute atomic E-state index is 5.15. The Morgan fingerprint density at radius 2 is 0.534 bits per heavy atom. The average molecular weight is 741 g/mol. The first kappa shape index (κ1) is 34.7. The number of benzene rings is 8.